The number of nitrogens with zero attached hydrogens (tertiary/aromatic N) is 4. The number of anilines is 2. The highest BCUT2D eigenvalue weighted by Crippen LogP contribution is 2.27. The Labute approximate surface area is 179 Å². The highest BCUT2D eigenvalue weighted by atomic mass is 32.2. The van der Waals surface area contributed by atoms with E-state index in [1.807, 2.05) is 18.2 Å². The van der Waals surface area contributed by atoms with Crippen molar-refractivity contribution in [1.82, 2.24) is 18.7 Å². The fourth-order valence-electron chi connectivity index (χ4n) is 3.13. The summed E-state index contributed by atoms with van der Waals surface area (Å²) >= 11 is 0.979. The Morgan fingerprint density at radius 3 is 2.37 bits per heavy atom. The largest absolute Gasteiger partial charge is 0.367 e. The molecule has 0 aliphatic rings. The van der Waals surface area contributed by atoms with Gasteiger partial charge in [0.05, 0.1) is 22.8 Å². The number of nitrogens with one attached hydrogen (secondary N) is 2. The number of rotatable bonds is 9. The van der Waals surface area contributed by atoms with E-state index in [4.69, 9.17) is 0 Å². The Morgan fingerprint density at radius 2 is 1.60 bits per heavy atom. The van der Waals surface area contributed by atoms with Crippen LogP contribution in [0.25, 0.3) is 22.1 Å². The minimum atomic E-state index is -3.93. The van der Waals surface area contributed by atoms with Gasteiger partial charge in [-0.3, -0.25) is 4.72 Å². The predicted octanol–water partition coefficient (Wildman–Crippen LogP) is 4.43. The van der Waals surface area contributed by atoms with Crippen molar-refractivity contribution in [3.8, 4) is 0 Å². The average molecular weight is 443 g/mol. The van der Waals surface area contributed by atoms with Crippen LogP contribution in [-0.4, -0.2) is 33.7 Å². The summed E-state index contributed by atoms with van der Waals surface area (Å²) in [6.45, 7) is 2.85. The molecule has 0 amide bonds. The zero-order chi connectivity index (χ0) is 21.0. The lowest BCUT2D eigenvalue weighted by atomic mass is 10.2. The summed E-state index contributed by atoms with van der Waals surface area (Å²) in [7, 11) is -3.93. The summed E-state index contributed by atoms with van der Waals surface area (Å²) in [5.41, 5.74) is 2.20. The number of fused-ring (bicyclic) bond motifs is 2. The second-order valence-corrected chi connectivity index (χ2v) is 9.07. The molecule has 30 heavy (non-hydrogen) atoms. The number of unbranched alkanes of at least 4 members (excludes halogenated alkanes) is 3. The van der Waals surface area contributed by atoms with Crippen LogP contribution < -0.4 is 10.0 Å². The molecular formula is C20H22N6O2S2. The molecule has 2 aromatic carbocycles. The lowest BCUT2D eigenvalue weighted by Gasteiger charge is -2.14. The van der Waals surface area contributed by atoms with Gasteiger partial charge in [0.2, 0.25) is 0 Å². The normalized spacial score (nSPS) is 11.8. The second-order valence-electron chi connectivity index (χ2n) is 6.89. The van der Waals surface area contributed by atoms with E-state index < -0.39 is 10.0 Å². The van der Waals surface area contributed by atoms with Crippen molar-refractivity contribution in [2.75, 3.05) is 16.6 Å². The Balaban J connectivity index is 1.67. The van der Waals surface area contributed by atoms with Crippen LogP contribution in [0.3, 0.4) is 0 Å². The molecule has 156 valence electrons. The van der Waals surface area contributed by atoms with Crippen molar-refractivity contribution in [3.63, 3.8) is 0 Å². The van der Waals surface area contributed by atoms with Crippen LogP contribution in [0.15, 0.2) is 47.4 Å². The van der Waals surface area contributed by atoms with Gasteiger partial charge in [-0.15, -0.1) is 0 Å². The van der Waals surface area contributed by atoms with E-state index in [2.05, 4.69) is 35.7 Å². The van der Waals surface area contributed by atoms with Gasteiger partial charge in [-0.25, -0.2) is 18.4 Å². The number of hydrogen-bond donors (Lipinski definition) is 2. The summed E-state index contributed by atoms with van der Waals surface area (Å²) in [5, 5.41) is 3.24. The van der Waals surface area contributed by atoms with E-state index in [0.29, 0.717) is 34.4 Å². The zero-order valence-corrected chi connectivity index (χ0v) is 18.1. The molecule has 0 saturated carbocycles. The molecule has 0 atom stereocenters. The van der Waals surface area contributed by atoms with E-state index in [9.17, 15) is 8.42 Å². The molecule has 0 bridgehead atoms. The molecule has 0 saturated heterocycles. The molecule has 0 fully saturated rings. The first-order chi connectivity index (χ1) is 14.6. The fraction of sp³-hybridized carbons (Fsp3) is 0.300. The summed E-state index contributed by atoms with van der Waals surface area (Å²) in [6, 6.07) is 12.3. The third-order valence-electron chi connectivity index (χ3n) is 4.66. The minimum absolute atomic E-state index is 0.0672. The van der Waals surface area contributed by atoms with Gasteiger partial charge in [0.1, 0.15) is 15.9 Å². The number of benzene rings is 2. The van der Waals surface area contributed by atoms with Gasteiger partial charge < -0.3 is 5.32 Å². The van der Waals surface area contributed by atoms with E-state index in [-0.39, 0.29) is 10.7 Å². The summed E-state index contributed by atoms with van der Waals surface area (Å²) < 4.78 is 37.2. The first-order valence-corrected chi connectivity index (χ1v) is 12.0. The Bertz CT molecular complexity index is 1270. The van der Waals surface area contributed by atoms with E-state index in [1.165, 1.54) is 6.07 Å². The molecule has 0 aliphatic heterocycles. The maximum absolute atomic E-state index is 13.1. The van der Waals surface area contributed by atoms with Crippen LogP contribution in [-0.2, 0) is 10.0 Å². The third-order valence-corrected chi connectivity index (χ3v) is 6.58. The van der Waals surface area contributed by atoms with Gasteiger partial charge in [0.15, 0.2) is 11.6 Å². The topological polar surface area (TPSA) is 110 Å². The molecule has 0 radical (unpaired) electrons. The van der Waals surface area contributed by atoms with Crippen LogP contribution in [0, 0.1) is 0 Å². The molecule has 2 N–H and O–H groups in total. The van der Waals surface area contributed by atoms with Gasteiger partial charge in [0.25, 0.3) is 10.0 Å². The molecule has 4 rings (SSSR count). The predicted molar refractivity (Wildman–Crippen MR) is 120 cm³/mol. The van der Waals surface area contributed by atoms with Crippen LogP contribution in [0.5, 0.6) is 0 Å². The molecule has 2 heterocycles. The monoisotopic (exact) mass is 442 g/mol. The molecule has 0 unspecified atom stereocenters. The van der Waals surface area contributed by atoms with Crippen LogP contribution in [0.4, 0.5) is 11.6 Å². The summed E-state index contributed by atoms with van der Waals surface area (Å²) in [4.78, 5) is 9.18. The molecule has 0 aliphatic carbocycles. The van der Waals surface area contributed by atoms with Crippen LogP contribution in [0.1, 0.15) is 32.6 Å². The van der Waals surface area contributed by atoms with Crippen molar-refractivity contribution < 1.29 is 8.42 Å². The van der Waals surface area contributed by atoms with Gasteiger partial charge in [0, 0.05) is 6.54 Å². The van der Waals surface area contributed by atoms with Crippen molar-refractivity contribution in [2.45, 2.75) is 37.5 Å². The average Bonchev–Trinajstić information content (AvgIpc) is 3.22. The fourth-order valence-corrected chi connectivity index (χ4v) is 4.91. The molecule has 10 heteroatoms. The van der Waals surface area contributed by atoms with Gasteiger partial charge in [-0.05, 0) is 30.7 Å². The minimum Gasteiger partial charge on any atom is -0.367 e. The number of aromatic nitrogens is 4. The van der Waals surface area contributed by atoms with Gasteiger partial charge >= 0.3 is 0 Å². The van der Waals surface area contributed by atoms with Crippen LogP contribution >= 0.6 is 11.7 Å². The number of sulfonamides is 1. The second kappa shape index (κ2) is 8.88. The molecule has 4 aromatic rings. The van der Waals surface area contributed by atoms with Gasteiger partial charge in [-0.1, -0.05) is 44.4 Å². The zero-order valence-electron chi connectivity index (χ0n) is 16.5. The van der Waals surface area contributed by atoms with Crippen molar-refractivity contribution in [2.24, 2.45) is 0 Å². The van der Waals surface area contributed by atoms with Gasteiger partial charge in [-0.2, -0.15) is 8.75 Å². The molecule has 8 nitrogen and oxygen atoms in total. The lowest BCUT2D eigenvalue weighted by Crippen LogP contribution is -2.17. The van der Waals surface area contributed by atoms with Crippen molar-refractivity contribution in [1.29, 1.82) is 0 Å². The Morgan fingerprint density at radius 1 is 0.867 bits per heavy atom. The highest BCUT2D eigenvalue weighted by molar-refractivity contribution is 7.93. The smallest absolute Gasteiger partial charge is 0.265 e. The number of para-hydroxylation sites is 2. The summed E-state index contributed by atoms with van der Waals surface area (Å²) in [5.74, 6) is 0.585. The standard InChI is InChI=1S/C20H22N6O2S2/c1-2-3-4-7-13-21-19-20(23-15-10-6-5-9-14(15)22-19)26-30(27,28)17-12-8-11-16-18(17)25-29-24-16/h5-6,8-12H,2-4,7,13H2,1H3,(H,21,22)(H,23,26). The first-order valence-electron chi connectivity index (χ1n) is 9.83. The number of hydrogen-bond acceptors (Lipinski definition) is 8. The SMILES string of the molecule is CCCCCCNc1nc2ccccc2nc1NS(=O)(=O)c1cccc2nsnc12. The van der Waals surface area contributed by atoms with Crippen molar-refractivity contribution >= 4 is 55.5 Å². The molecular weight excluding hydrogens is 420 g/mol. The maximum atomic E-state index is 13.1. The van der Waals surface area contributed by atoms with Crippen molar-refractivity contribution in [3.05, 3.63) is 42.5 Å². The highest BCUT2D eigenvalue weighted by Gasteiger charge is 2.22. The molecule has 0 spiro atoms. The Kier molecular flexibility index (Phi) is 6.05. The maximum Gasteiger partial charge on any atom is 0.265 e. The quantitative estimate of drug-likeness (QED) is 0.369. The third kappa shape index (κ3) is 4.34. The van der Waals surface area contributed by atoms with E-state index >= 15 is 0 Å². The summed E-state index contributed by atoms with van der Waals surface area (Å²) in [6.07, 6.45) is 4.39. The first kappa shape index (κ1) is 20.4. The van der Waals surface area contributed by atoms with E-state index in [0.717, 1.165) is 37.4 Å². The van der Waals surface area contributed by atoms with E-state index in [1.54, 1.807) is 18.2 Å². The van der Waals surface area contributed by atoms with Crippen LogP contribution in [0.2, 0.25) is 0 Å². The lowest BCUT2D eigenvalue weighted by molar-refractivity contribution is 0.601. The molecule has 2 aromatic heterocycles. The Hall–Kier alpha value is -2.85.